The summed E-state index contributed by atoms with van der Waals surface area (Å²) in [5.41, 5.74) is 1.87. The molecule has 2 unspecified atom stereocenters. The molecule has 8 nitrogen and oxygen atoms in total. The number of hydrogen-bond acceptors (Lipinski definition) is 6. The minimum Gasteiger partial charge on any atom is -0.480 e. The lowest BCUT2D eigenvalue weighted by molar-refractivity contribution is -0.138. The molecule has 0 aliphatic carbocycles. The van der Waals surface area contributed by atoms with Gasteiger partial charge in [0.25, 0.3) is 0 Å². The van der Waals surface area contributed by atoms with Gasteiger partial charge in [0.1, 0.15) is 0 Å². The Balaban J connectivity index is 2.14. The van der Waals surface area contributed by atoms with E-state index >= 15 is 0 Å². The van der Waals surface area contributed by atoms with E-state index in [1.165, 1.54) is 0 Å². The molecule has 9 heteroatoms. The number of benzene rings is 1. The predicted octanol–water partition coefficient (Wildman–Crippen LogP) is 2.08. The second kappa shape index (κ2) is 10.9. The fourth-order valence-electron chi connectivity index (χ4n) is 3.48. The smallest absolute Gasteiger partial charge is 0.404 e. The highest BCUT2D eigenvalue weighted by molar-refractivity contribution is 7.78. The van der Waals surface area contributed by atoms with Crippen LogP contribution in [0.25, 0.3) is 0 Å². The summed E-state index contributed by atoms with van der Waals surface area (Å²) in [6, 6.07) is 7.63. The fourth-order valence-corrected chi connectivity index (χ4v) is 3.59. The van der Waals surface area contributed by atoms with E-state index in [9.17, 15) is 14.7 Å². The van der Waals surface area contributed by atoms with Crippen LogP contribution < -0.4 is 5.32 Å². The number of amides is 1. The highest BCUT2D eigenvalue weighted by atomic mass is 32.1. The number of carbonyl (C=O) groups is 2. The molecule has 1 aromatic carbocycles. The number of nitrogens with zero attached hydrogens (tertiary/aromatic N) is 3. The number of thiocarbonyl (C=S) groups is 1. The van der Waals surface area contributed by atoms with E-state index in [0.29, 0.717) is 32.5 Å². The molecule has 1 heterocycles. The summed E-state index contributed by atoms with van der Waals surface area (Å²) in [4.78, 5) is 30.3. The summed E-state index contributed by atoms with van der Waals surface area (Å²) in [6.07, 6.45) is 0.933. The zero-order valence-electron chi connectivity index (χ0n) is 15.9. The second-order valence-corrected chi connectivity index (χ2v) is 7.23. The number of likely N-dealkylation sites (N-methyl/N-ethyl adjacent to an activating group) is 1. The number of hydrogen-bond donors (Lipinski definition) is 3. The van der Waals surface area contributed by atoms with Crippen molar-refractivity contribution in [3.05, 3.63) is 29.8 Å². The van der Waals surface area contributed by atoms with E-state index in [-0.39, 0.29) is 18.6 Å². The lowest BCUT2D eigenvalue weighted by Crippen LogP contribution is -2.42. The summed E-state index contributed by atoms with van der Waals surface area (Å²) in [5.74, 6) is -0.875. The Morgan fingerprint density at radius 3 is 2.57 bits per heavy atom. The van der Waals surface area contributed by atoms with Crippen molar-refractivity contribution >= 4 is 35.1 Å². The van der Waals surface area contributed by atoms with Crippen LogP contribution >= 0.6 is 12.2 Å². The van der Waals surface area contributed by atoms with Crippen LogP contribution in [-0.4, -0.2) is 82.5 Å². The minimum atomic E-state index is -1.06. The van der Waals surface area contributed by atoms with Crippen LogP contribution in [0, 0.1) is 0 Å². The Morgan fingerprint density at radius 2 is 1.96 bits per heavy atom. The van der Waals surface area contributed by atoms with Crippen LogP contribution in [0.15, 0.2) is 29.3 Å². The van der Waals surface area contributed by atoms with Gasteiger partial charge in [0.05, 0.1) is 17.4 Å². The number of aliphatic carboxylic acids is 1. The van der Waals surface area contributed by atoms with Gasteiger partial charge >= 0.3 is 12.1 Å². The fraction of sp³-hybridized carbons (Fsp3) is 0.526. The van der Waals surface area contributed by atoms with Crippen LogP contribution in [0.3, 0.4) is 0 Å². The summed E-state index contributed by atoms with van der Waals surface area (Å²) in [5, 5.41) is 23.2. The highest BCUT2D eigenvalue weighted by Crippen LogP contribution is 2.19. The van der Waals surface area contributed by atoms with Crippen molar-refractivity contribution in [2.45, 2.75) is 31.3 Å². The average Bonchev–Trinajstić information content (AvgIpc) is 2.69. The maximum Gasteiger partial charge on any atom is 0.404 e. The quantitative estimate of drug-likeness (QED) is 0.491. The molecule has 0 saturated carbocycles. The Hall–Kier alpha value is -2.32. The van der Waals surface area contributed by atoms with Gasteiger partial charge in [-0.15, -0.1) is 0 Å². The summed E-state index contributed by atoms with van der Waals surface area (Å²) in [7, 11) is 2.00. The van der Waals surface area contributed by atoms with Crippen molar-refractivity contribution in [3.63, 3.8) is 0 Å². The molecule has 152 valence electrons. The standard InChI is InChI=1S/C19H26N4O4S/c1-22-8-9-23(12-18(24)25)7-6-16(21-19(26)27)11-17(22)10-14-2-4-15(5-3-14)20-13-28/h2-5,16-17,21H,6-12H2,1H3,(H,24,25)(H,26,27). The van der Waals surface area contributed by atoms with Crippen LogP contribution in [0.1, 0.15) is 18.4 Å². The number of rotatable bonds is 6. The molecule has 0 spiro atoms. The van der Waals surface area contributed by atoms with Gasteiger partial charge in [0, 0.05) is 31.7 Å². The van der Waals surface area contributed by atoms with Crippen molar-refractivity contribution < 1.29 is 19.8 Å². The molecule has 0 aromatic heterocycles. The van der Waals surface area contributed by atoms with E-state index in [2.05, 4.69) is 32.6 Å². The summed E-state index contributed by atoms with van der Waals surface area (Å²) >= 11 is 4.62. The zero-order chi connectivity index (χ0) is 20.5. The Labute approximate surface area is 169 Å². The number of isothiocyanates is 1. The zero-order valence-corrected chi connectivity index (χ0v) is 16.7. The van der Waals surface area contributed by atoms with E-state index in [1.54, 1.807) is 0 Å². The average molecular weight is 407 g/mol. The van der Waals surface area contributed by atoms with E-state index in [0.717, 1.165) is 17.7 Å². The first kappa shape index (κ1) is 22.0. The van der Waals surface area contributed by atoms with Crippen molar-refractivity contribution in [1.82, 2.24) is 15.1 Å². The molecule has 0 bridgehead atoms. The minimum absolute atomic E-state index is 0.0415. The lowest BCUT2D eigenvalue weighted by Gasteiger charge is -2.30. The third-order valence-electron chi connectivity index (χ3n) is 5.01. The van der Waals surface area contributed by atoms with E-state index in [1.807, 2.05) is 36.2 Å². The SMILES string of the molecule is CN1CCN(CC(=O)O)CCC(NC(=O)O)CC1Cc1ccc(N=C=S)cc1. The van der Waals surface area contributed by atoms with E-state index in [4.69, 9.17) is 5.11 Å². The maximum absolute atomic E-state index is 11.2. The van der Waals surface area contributed by atoms with Gasteiger partial charge in [-0.25, -0.2) is 4.79 Å². The molecule has 1 aromatic rings. The predicted molar refractivity (Wildman–Crippen MR) is 110 cm³/mol. The molecule has 1 fully saturated rings. The molecule has 2 atom stereocenters. The molecule has 2 rings (SSSR count). The van der Waals surface area contributed by atoms with Crippen molar-refractivity contribution in [2.75, 3.05) is 33.2 Å². The largest absolute Gasteiger partial charge is 0.480 e. The van der Waals surface area contributed by atoms with Gasteiger partial charge in [0.15, 0.2) is 0 Å². The Kier molecular flexibility index (Phi) is 8.53. The number of carboxylic acids is 1. The first-order chi connectivity index (χ1) is 13.4. The summed E-state index contributed by atoms with van der Waals surface area (Å²) < 4.78 is 0. The van der Waals surface area contributed by atoms with Gasteiger partial charge in [-0.05, 0) is 56.2 Å². The van der Waals surface area contributed by atoms with Crippen molar-refractivity contribution in [3.8, 4) is 0 Å². The molecule has 28 heavy (non-hydrogen) atoms. The molecule has 1 aliphatic rings. The van der Waals surface area contributed by atoms with Crippen LogP contribution in [0.4, 0.5) is 10.5 Å². The number of aliphatic imine (C=N–C) groups is 1. The van der Waals surface area contributed by atoms with Crippen molar-refractivity contribution in [1.29, 1.82) is 0 Å². The lowest BCUT2D eigenvalue weighted by atomic mass is 9.96. The van der Waals surface area contributed by atoms with Gasteiger partial charge in [-0.2, -0.15) is 4.99 Å². The molecule has 1 amide bonds. The van der Waals surface area contributed by atoms with Gasteiger partial charge < -0.3 is 20.4 Å². The third-order valence-corrected chi connectivity index (χ3v) is 5.10. The topological polar surface area (TPSA) is 105 Å². The molecule has 1 aliphatic heterocycles. The number of nitrogens with one attached hydrogen (secondary N) is 1. The molecule has 1 saturated heterocycles. The van der Waals surface area contributed by atoms with Gasteiger partial charge in [-0.3, -0.25) is 9.69 Å². The first-order valence-electron chi connectivity index (χ1n) is 9.18. The number of carboxylic acid groups (broad SMARTS) is 2. The summed E-state index contributed by atoms with van der Waals surface area (Å²) in [6.45, 7) is 1.84. The maximum atomic E-state index is 11.2. The van der Waals surface area contributed by atoms with E-state index < -0.39 is 12.1 Å². The Bertz CT molecular complexity index is 721. The highest BCUT2D eigenvalue weighted by Gasteiger charge is 2.25. The monoisotopic (exact) mass is 406 g/mol. The van der Waals surface area contributed by atoms with Crippen LogP contribution in [0.2, 0.25) is 0 Å². The second-order valence-electron chi connectivity index (χ2n) is 7.05. The third kappa shape index (κ3) is 7.36. The van der Waals surface area contributed by atoms with Gasteiger partial charge in [0.2, 0.25) is 0 Å². The van der Waals surface area contributed by atoms with Crippen LogP contribution in [0.5, 0.6) is 0 Å². The first-order valence-corrected chi connectivity index (χ1v) is 9.59. The Morgan fingerprint density at radius 1 is 1.25 bits per heavy atom. The molecular weight excluding hydrogens is 380 g/mol. The normalized spacial score (nSPS) is 21.6. The molecule has 3 N–H and O–H groups in total. The van der Waals surface area contributed by atoms with Crippen LogP contribution in [-0.2, 0) is 11.2 Å². The van der Waals surface area contributed by atoms with Crippen molar-refractivity contribution in [2.24, 2.45) is 4.99 Å². The molecule has 0 radical (unpaired) electrons. The van der Waals surface area contributed by atoms with Gasteiger partial charge in [-0.1, -0.05) is 12.1 Å². The molecular formula is C19H26N4O4S.